The van der Waals surface area contributed by atoms with Gasteiger partial charge in [-0.1, -0.05) is 18.2 Å². The van der Waals surface area contributed by atoms with Gasteiger partial charge in [0.1, 0.15) is 4.75 Å². The van der Waals surface area contributed by atoms with Crippen molar-refractivity contribution in [3.8, 4) is 0 Å². The van der Waals surface area contributed by atoms with Crippen molar-refractivity contribution in [2.24, 2.45) is 0 Å². The molecule has 0 spiro atoms. The summed E-state index contributed by atoms with van der Waals surface area (Å²) < 4.78 is 38.4. The number of aromatic nitrogens is 1. The lowest BCUT2D eigenvalue weighted by molar-refractivity contribution is 0.00578. The van der Waals surface area contributed by atoms with Crippen LogP contribution in [0.2, 0.25) is 0 Å². The predicted molar refractivity (Wildman–Crippen MR) is 95.1 cm³/mol. The zero-order chi connectivity index (χ0) is 17.8. The first kappa shape index (κ1) is 17.5. The second kappa shape index (κ2) is 5.34. The van der Waals surface area contributed by atoms with Gasteiger partial charge in [-0.25, -0.2) is 8.42 Å². The standard InChI is InChI=1S/C17H24BNO4S/c1-15(2)16(3,4)23-18(22-15)14-9-8-10-17(5,13-14)24(20,21)19-11-6-7-12-19/h6-12H,13H2,1-5H3. The van der Waals surface area contributed by atoms with E-state index in [1.807, 2.05) is 33.8 Å². The first-order valence-electron chi connectivity index (χ1n) is 8.11. The van der Waals surface area contributed by atoms with E-state index in [0.29, 0.717) is 6.42 Å². The maximum atomic E-state index is 13.0. The van der Waals surface area contributed by atoms with E-state index in [-0.39, 0.29) is 0 Å². The average molecular weight is 349 g/mol. The number of rotatable bonds is 3. The topological polar surface area (TPSA) is 57.5 Å². The summed E-state index contributed by atoms with van der Waals surface area (Å²) in [4.78, 5) is 0. The van der Waals surface area contributed by atoms with E-state index in [2.05, 4.69) is 0 Å². The number of nitrogens with zero attached hydrogens (tertiary/aromatic N) is 1. The van der Waals surface area contributed by atoms with Crippen molar-refractivity contribution in [3.05, 3.63) is 48.2 Å². The Labute approximate surface area is 144 Å². The summed E-state index contributed by atoms with van der Waals surface area (Å²) in [6.07, 6.45) is 8.86. The van der Waals surface area contributed by atoms with Gasteiger partial charge in [0.15, 0.2) is 0 Å². The summed E-state index contributed by atoms with van der Waals surface area (Å²) in [6, 6.07) is 3.41. The molecule has 1 aliphatic carbocycles. The summed E-state index contributed by atoms with van der Waals surface area (Å²) in [5.74, 6) is 0. The molecule has 1 saturated heterocycles. The first-order valence-corrected chi connectivity index (χ1v) is 9.55. The highest BCUT2D eigenvalue weighted by atomic mass is 32.2. The summed E-state index contributed by atoms with van der Waals surface area (Å²) in [7, 11) is -4.09. The van der Waals surface area contributed by atoms with Gasteiger partial charge >= 0.3 is 7.12 Å². The zero-order valence-corrected chi connectivity index (χ0v) is 15.6. The maximum Gasteiger partial charge on any atom is 0.490 e. The van der Waals surface area contributed by atoms with Gasteiger partial charge < -0.3 is 9.31 Å². The lowest BCUT2D eigenvalue weighted by atomic mass is 9.71. The molecule has 2 heterocycles. The fourth-order valence-electron chi connectivity index (χ4n) is 2.95. The van der Waals surface area contributed by atoms with Gasteiger partial charge in [0.05, 0.1) is 11.2 Å². The highest BCUT2D eigenvalue weighted by Crippen LogP contribution is 2.42. The van der Waals surface area contributed by atoms with E-state index >= 15 is 0 Å². The third kappa shape index (κ3) is 2.59. The van der Waals surface area contributed by atoms with Gasteiger partial charge in [-0.3, -0.25) is 3.97 Å². The second-order valence-electron chi connectivity index (χ2n) is 7.70. The molecule has 1 atom stereocenters. The van der Waals surface area contributed by atoms with Crippen LogP contribution in [0.15, 0.2) is 48.2 Å². The van der Waals surface area contributed by atoms with Crippen LogP contribution in [-0.4, -0.2) is 35.5 Å². The van der Waals surface area contributed by atoms with E-state index in [0.717, 1.165) is 5.47 Å². The number of hydrogen-bond acceptors (Lipinski definition) is 4. The predicted octanol–water partition coefficient (Wildman–Crippen LogP) is 2.94. The number of allylic oxidation sites excluding steroid dienone is 3. The Kier molecular flexibility index (Phi) is 3.90. The largest absolute Gasteiger partial charge is 0.490 e. The molecule has 130 valence electrons. The lowest BCUT2D eigenvalue weighted by Gasteiger charge is -2.32. The smallest absolute Gasteiger partial charge is 0.400 e. The Hall–Kier alpha value is -1.31. The first-order chi connectivity index (χ1) is 11.0. The fraction of sp³-hybridized carbons (Fsp3) is 0.529. The molecule has 7 heteroatoms. The van der Waals surface area contributed by atoms with Gasteiger partial charge in [-0.2, -0.15) is 0 Å². The lowest BCUT2D eigenvalue weighted by Crippen LogP contribution is -2.41. The van der Waals surface area contributed by atoms with E-state index in [1.54, 1.807) is 43.6 Å². The van der Waals surface area contributed by atoms with Gasteiger partial charge in [-0.05, 0) is 58.6 Å². The molecule has 1 aromatic rings. The van der Waals surface area contributed by atoms with Crippen molar-refractivity contribution in [2.75, 3.05) is 0 Å². The van der Waals surface area contributed by atoms with Crippen LogP contribution in [0, 0.1) is 0 Å². The van der Waals surface area contributed by atoms with Crippen molar-refractivity contribution in [3.63, 3.8) is 0 Å². The van der Waals surface area contributed by atoms with Crippen molar-refractivity contribution in [2.45, 2.75) is 57.0 Å². The summed E-state index contributed by atoms with van der Waals surface area (Å²) in [6.45, 7) is 9.69. The minimum absolute atomic E-state index is 0.334. The summed E-state index contributed by atoms with van der Waals surface area (Å²) in [5.41, 5.74) is -0.0561. The zero-order valence-electron chi connectivity index (χ0n) is 14.8. The van der Waals surface area contributed by atoms with Crippen LogP contribution in [0.1, 0.15) is 41.0 Å². The number of hydrogen-bond donors (Lipinski definition) is 0. The quantitative estimate of drug-likeness (QED) is 0.788. The monoisotopic (exact) mass is 349 g/mol. The SMILES string of the molecule is CC1(C)OB(C2=CC=CC(C)(S(=O)(=O)n3cccc3)C2)OC1(C)C. The Morgan fingerprint density at radius 3 is 2.12 bits per heavy atom. The van der Waals surface area contributed by atoms with Crippen LogP contribution in [-0.2, 0) is 19.3 Å². The molecule has 2 aliphatic rings. The molecule has 1 fully saturated rings. The Morgan fingerprint density at radius 2 is 1.58 bits per heavy atom. The normalized spacial score (nSPS) is 28.9. The Morgan fingerprint density at radius 1 is 1.04 bits per heavy atom. The molecular weight excluding hydrogens is 325 g/mol. The van der Waals surface area contributed by atoms with Crippen LogP contribution in [0.5, 0.6) is 0 Å². The molecule has 5 nitrogen and oxygen atoms in total. The van der Waals surface area contributed by atoms with E-state index in [9.17, 15) is 8.42 Å². The molecule has 1 aromatic heterocycles. The molecule has 0 aromatic carbocycles. The summed E-state index contributed by atoms with van der Waals surface area (Å²) in [5, 5.41) is 0. The van der Waals surface area contributed by atoms with Crippen molar-refractivity contribution in [1.29, 1.82) is 0 Å². The van der Waals surface area contributed by atoms with Crippen LogP contribution in [0.4, 0.5) is 0 Å². The third-order valence-electron chi connectivity index (χ3n) is 5.31. The molecule has 24 heavy (non-hydrogen) atoms. The Bertz CT molecular complexity index is 777. The molecule has 0 radical (unpaired) electrons. The molecule has 1 unspecified atom stereocenters. The maximum absolute atomic E-state index is 13.0. The fourth-order valence-corrected chi connectivity index (χ4v) is 4.49. The van der Waals surface area contributed by atoms with Gasteiger partial charge in [0.2, 0.25) is 10.0 Å². The average Bonchev–Trinajstić information content (AvgIpc) is 3.06. The van der Waals surface area contributed by atoms with Crippen molar-refractivity contribution in [1.82, 2.24) is 3.97 Å². The van der Waals surface area contributed by atoms with E-state index in [4.69, 9.17) is 9.31 Å². The highest BCUT2D eigenvalue weighted by molar-refractivity contribution is 7.91. The molecule has 0 bridgehead atoms. The van der Waals surface area contributed by atoms with Gasteiger partial charge in [-0.15, -0.1) is 0 Å². The van der Waals surface area contributed by atoms with Crippen LogP contribution < -0.4 is 0 Å². The van der Waals surface area contributed by atoms with Crippen LogP contribution in [0.3, 0.4) is 0 Å². The third-order valence-corrected chi connectivity index (χ3v) is 7.57. The van der Waals surface area contributed by atoms with Crippen LogP contribution in [0.25, 0.3) is 0 Å². The molecule has 0 N–H and O–H groups in total. The minimum Gasteiger partial charge on any atom is -0.400 e. The minimum atomic E-state index is -3.56. The molecule has 0 saturated carbocycles. The molecule has 3 rings (SSSR count). The van der Waals surface area contributed by atoms with Gasteiger partial charge in [0.25, 0.3) is 0 Å². The molecule has 0 amide bonds. The highest BCUT2D eigenvalue weighted by Gasteiger charge is 2.54. The summed E-state index contributed by atoms with van der Waals surface area (Å²) >= 11 is 0. The van der Waals surface area contributed by atoms with Crippen LogP contribution >= 0.6 is 0 Å². The van der Waals surface area contributed by atoms with Crippen molar-refractivity contribution >= 4 is 17.1 Å². The van der Waals surface area contributed by atoms with E-state index < -0.39 is 33.1 Å². The molecular formula is C17H24BNO4S. The van der Waals surface area contributed by atoms with Gasteiger partial charge in [0, 0.05) is 12.4 Å². The molecule has 1 aliphatic heterocycles. The Balaban J connectivity index is 1.89. The second-order valence-corrected chi connectivity index (χ2v) is 10.0. The van der Waals surface area contributed by atoms with Crippen molar-refractivity contribution < 1.29 is 17.7 Å². The van der Waals surface area contributed by atoms with E-state index in [1.165, 1.54) is 3.97 Å².